The second-order valence-corrected chi connectivity index (χ2v) is 7.94. The molecule has 0 atom stereocenters. The summed E-state index contributed by atoms with van der Waals surface area (Å²) in [6, 6.07) is 3.84. The molecule has 0 amide bonds. The van der Waals surface area contributed by atoms with Gasteiger partial charge in [0.05, 0.1) is 42.0 Å². The maximum Gasteiger partial charge on any atom is 0.191 e. The highest BCUT2D eigenvalue weighted by atomic mass is 127. The molecule has 0 radical (unpaired) electrons. The van der Waals surface area contributed by atoms with Gasteiger partial charge < -0.3 is 20.1 Å². The number of hydrogen-bond acceptors (Lipinski definition) is 5. The molecule has 0 saturated heterocycles. The molecule has 0 unspecified atom stereocenters. The van der Waals surface area contributed by atoms with Crippen LogP contribution in [0.4, 0.5) is 0 Å². The summed E-state index contributed by atoms with van der Waals surface area (Å²) >= 11 is 8.07. The van der Waals surface area contributed by atoms with E-state index in [0.717, 1.165) is 35.2 Å². The number of hydrogen-bond donors (Lipinski definition) is 2. The van der Waals surface area contributed by atoms with Gasteiger partial charge in [0.1, 0.15) is 0 Å². The van der Waals surface area contributed by atoms with Crippen LogP contribution >= 0.6 is 46.9 Å². The number of fused-ring (bicyclic) bond motifs is 1. The fourth-order valence-electron chi connectivity index (χ4n) is 2.79. The Morgan fingerprint density at radius 2 is 2.04 bits per heavy atom. The molecular formula is C19H26ClIN4O2S. The fourth-order valence-corrected chi connectivity index (χ4v) is 3.95. The summed E-state index contributed by atoms with van der Waals surface area (Å²) in [6.07, 6.45) is 0.851. The molecule has 1 aromatic carbocycles. The summed E-state index contributed by atoms with van der Waals surface area (Å²) in [5, 5.41) is 8.28. The number of nitrogens with zero attached hydrogens (tertiary/aromatic N) is 2. The lowest BCUT2D eigenvalue weighted by atomic mass is 10.2. The molecule has 2 N–H and O–H groups in total. The number of halogens is 2. The zero-order valence-electron chi connectivity index (χ0n) is 16.3. The molecule has 1 aromatic heterocycles. The SMILES string of the molecule is CCNC(=NCc1cc(Cl)c2c(c1)OCCCO2)NCc1sc(C)nc1C.I. The number of nitrogens with one attached hydrogen (secondary N) is 2. The Balaban J connectivity index is 0.00000280. The molecule has 2 aromatic rings. The lowest BCUT2D eigenvalue weighted by Crippen LogP contribution is -2.36. The van der Waals surface area contributed by atoms with Crippen molar-refractivity contribution in [3.63, 3.8) is 0 Å². The predicted molar refractivity (Wildman–Crippen MR) is 126 cm³/mol. The van der Waals surface area contributed by atoms with Crippen molar-refractivity contribution < 1.29 is 9.47 Å². The summed E-state index contributed by atoms with van der Waals surface area (Å²) < 4.78 is 11.4. The van der Waals surface area contributed by atoms with Gasteiger partial charge in [0.15, 0.2) is 17.5 Å². The minimum Gasteiger partial charge on any atom is -0.489 e. The van der Waals surface area contributed by atoms with E-state index in [1.54, 1.807) is 11.3 Å². The predicted octanol–water partition coefficient (Wildman–Crippen LogP) is 4.45. The van der Waals surface area contributed by atoms with Crippen LogP contribution in [0.3, 0.4) is 0 Å². The quantitative estimate of drug-likeness (QED) is 0.336. The van der Waals surface area contributed by atoms with Crippen LogP contribution in [-0.2, 0) is 13.1 Å². The number of ether oxygens (including phenoxy) is 2. The average molecular weight is 537 g/mol. The highest BCUT2D eigenvalue weighted by molar-refractivity contribution is 14.0. The first-order chi connectivity index (χ1) is 13.1. The third kappa shape index (κ3) is 6.12. The number of aromatic nitrogens is 1. The van der Waals surface area contributed by atoms with Gasteiger partial charge in [-0.1, -0.05) is 11.6 Å². The van der Waals surface area contributed by atoms with Crippen LogP contribution in [0.5, 0.6) is 11.5 Å². The highest BCUT2D eigenvalue weighted by Gasteiger charge is 2.15. The molecule has 3 rings (SSSR count). The van der Waals surface area contributed by atoms with E-state index in [1.165, 1.54) is 4.88 Å². The van der Waals surface area contributed by atoms with Crippen molar-refractivity contribution in [2.45, 2.75) is 40.3 Å². The van der Waals surface area contributed by atoms with Crippen molar-refractivity contribution in [2.24, 2.45) is 4.99 Å². The van der Waals surface area contributed by atoms with Gasteiger partial charge >= 0.3 is 0 Å². The van der Waals surface area contributed by atoms with Crippen LogP contribution < -0.4 is 20.1 Å². The van der Waals surface area contributed by atoms with Gasteiger partial charge in [0, 0.05) is 17.8 Å². The van der Waals surface area contributed by atoms with Gasteiger partial charge in [-0.25, -0.2) is 9.98 Å². The average Bonchev–Trinajstić information content (AvgIpc) is 2.82. The number of benzene rings is 1. The van der Waals surface area contributed by atoms with Crippen LogP contribution in [0.1, 0.15) is 34.5 Å². The molecule has 2 heterocycles. The molecular weight excluding hydrogens is 511 g/mol. The van der Waals surface area contributed by atoms with Crippen LogP contribution in [0.25, 0.3) is 0 Å². The molecule has 28 heavy (non-hydrogen) atoms. The summed E-state index contributed by atoms with van der Waals surface area (Å²) in [7, 11) is 0. The molecule has 0 fully saturated rings. The fraction of sp³-hybridized carbons (Fsp3) is 0.474. The largest absolute Gasteiger partial charge is 0.489 e. The molecule has 9 heteroatoms. The number of aliphatic imine (C=N–C) groups is 1. The molecule has 0 bridgehead atoms. The molecule has 1 aliphatic rings. The normalized spacial score (nSPS) is 13.5. The minimum absolute atomic E-state index is 0. The van der Waals surface area contributed by atoms with Crippen molar-refractivity contribution >= 4 is 52.9 Å². The smallest absolute Gasteiger partial charge is 0.191 e. The molecule has 154 valence electrons. The monoisotopic (exact) mass is 536 g/mol. The van der Waals surface area contributed by atoms with Crippen LogP contribution in [-0.4, -0.2) is 30.7 Å². The van der Waals surface area contributed by atoms with Crippen molar-refractivity contribution in [3.8, 4) is 11.5 Å². The van der Waals surface area contributed by atoms with Gasteiger partial charge in [0.25, 0.3) is 0 Å². The Morgan fingerprint density at radius 1 is 1.25 bits per heavy atom. The van der Waals surface area contributed by atoms with Gasteiger partial charge in [-0.15, -0.1) is 35.3 Å². The third-order valence-electron chi connectivity index (χ3n) is 4.04. The van der Waals surface area contributed by atoms with Crippen LogP contribution in [0.2, 0.25) is 5.02 Å². The van der Waals surface area contributed by atoms with E-state index < -0.39 is 0 Å². The van der Waals surface area contributed by atoms with E-state index >= 15 is 0 Å². The summed E-state index contributed by atoms with van der Waals surface area (Å²) in [6.45, 7) is 9.33. The first kappa shape index (κ1) is 23.0. The van der Waals surface area contributed by atoms with E-state index in [-0.39, 0.29) is 24.0 Å². The third-order valence-corrected chi connectivity index (χ3v) is 5.40. The summed E-state index contributed by atoms with van der Waals surface area (Å²) in [5.41, 5.74) is 2.04. The topological polar surface area (TPSA) is 67.8 Å². The van der Waals surface area contributed by atoms with Gasteiger partial charge in [-0.05, 0) is 38.5 Å². The number of rotatable bonds is 5. The second-order valence-electron chi connectivity index (χ2n) is 6.25. The zero-order valence-corrected chi connectivity index (χ0v) is 20.2. The van der Waals surface area contributed by atoms with Crippen molar-refractivity contribution in [3.05, 3.63) is 38.3 Å². The molecule has 0 aliphatic carbocycles. The van der Waals surface area contributed by atoms with E-state index in [9.17, 15) is 0 Å². The molecule has 0 spiro atoms. The molecule has 0 saturated carbocycles. The number of aryl methyl sites for hydroxylation is 2. The van der Waals surface area contributed by atoms with Crippen molar-refractivity contribution in [1.82, 2.24) is 15.6 Å². The standard InChI is InChI=1S/C19H25ClN4O2S.HI/c1-4-21-19(23-11-17-12(2)24-13(3)27-17)22-10-14-8-15(20)18-16(9-14)25-6-5-7-26-18;/h8-9H,4-7,10-11H2,1-3H3,(H2,21,22,23);1H. The minimum atomic E-state index is 0. The zero-order chi connectivity index (χ0) is 19.2. The first-order valence-corrected chi connectivity index (χ1v) is 10.3. The maximum atomic E-state index is 6.37. The second kappa shape index (κ2) is 11.1. The Hall–Kier alpha value is -1.26. The molecule has 1 aliphatic heterocycles. The van der Waals surface area contributed by atoms with E-state index in [0.29, 0.717) is 42.8 Å². The van der Waals surface area contributed by atoms with Gasteiger partial charge in [0.2, 0.25) is 0 Å². The number of guanidine groups is 1. The van der Waals surface area contributed by atoms with E-state index in [1.807, 2.05) is 32.9 Å². The lowest BCUT2D eigenvalue weighted by molar-refractivity contribution is 0.297. The Morgan fingerprint density at radius 3 is 2.75 bits per heavy atom. The first-order valence-electron chi connectivity index (χ1n) is 9.10. The van der Waals surface area contributed by atoms with Crippen molar-refractivity contribution in [2.75, 3.05) is 19.8 Å². The van der Waals surface area contributed by atoms with E-state index in [4.69, 9.17) is 21.1 Å². The Labute approximate surface area is 192 Å². The lowest BCUT2D eigenvalue weighted by Gasteiger charge is -2.13. The Kier molecular flexibility index (Phi) is 9.10. The molecule has 6 nitrogen and oxygen atoms in total. The van der Waals surface area contributed by atoms with Crippen LogP contribution in [0.15, 0.2) is 17.1 Å². The Bertz CT molecular complexity index is 829. The summed E-state index contributed by atoms with van der Waals surface area (Å²) in [5.74, 6) is 2.08. The maximum absolute atomic E-state index is 6.37. The number of thiazole rings is 1. The van der Waals surface area contributed by atoms with Crippen LogP contribution in [0, 0.1) is 13.8 Å². The van der Waals surface area contributed by atoms with Gasteiger partial charge in [-0.3, -0.25) is 0 Å². The van der Waals surface area contributed by atoms with Crippen molar-refractivity contribution in [1.29, 1.82) is 0 Å². The van der Waals surface area contributed by atoms with Gasteiger partial charge in [-0.2, -0.15) is 0 Å². The van der Waals surface area contributed by atoms with E-state index in [2.05, 4.69) is 20.6 Å². The highest BCUT2D eigenvalue weighted by Crippen LogP contribution is 2.38. The summed E-state index contributed by atoms with van der Waals surface area (Å²) in [4.78, 5) is 10.4.